The smallest absolute Gasteiger partial charge is 0.127 e. The molecule has 0 atom stereocenters. The van der Waals surface area contributed by atoms with E-state index in [1.165, 1.54) is 5.56 Å². The molecular formula is C17H14N4S. The lowest BCUT2D eigenvalue weighted by molar-refractivity contribution is 0.955. The molecule has 2 aromatic carbocycles. The van der Waals surface area contributed by atoms with Crippen LogP contribution < -0.4 is 0 Å². The van der Waals surface area contributed by atoms with Crippen LogP contribution in [-0.2, 0) is 5.75 Å². The van der Waals surface area contributed by atoms with Crippen LogP contribution in [0.2, 0.25) is 0 Å². The second-order valence-electron chi connectivity index (χ2n) is 5.20. The Morgan fingerprint density at radius 1 is 1.14 bits per heavy atom. The Labute approximate surface area is 132 Å². The van der Waals surface area contributed by atoms with Crippen molar-refractivity contribution in [3.8, 4) is 0 Å². The molecule has 0 saturated carbocycles. The molecule has 0 unspecified atom stereocenters. The first-order chi connectivity index (χ1) is 10.8. The van der Waals surface area contributed by atoms with E-state index in [-0.39, 0.29) is 0 Å². The SMILES string of the molecule is Cc1nc2ccc(CSc3nncc4ccccc34)cc2[nH]1. The number of nitrogens with one attached hydrogen (secondary N) is 1. The molecule has 2 heterocycles. The first-order valence-electron chi connectivity index (χ1n) is 7.08. The third-order valence-electron chi connectivity index (χ3n) is 3.58. The van der Waals surface area contributed by atoms with Crippen LogP contribution in [0, 0.1) is 6.92 Å². The third-order valence-corrected chi connectivity index (χ3v) is 4.63. The minimum Gasteiger partial charge on any atom is -0.342 e. The van der Waals surface area contributed by atoms with Crippen molar-refractivity contribution in [2.24, 2.45) is 0 Å². The summed E-state index contributed by atoms with van der Waals surface area (Å²) in [6, 6.07) is 14.5. The zero-order valence-corrected chi connectivity index (χ0v) is 12.9. The van der Waals surface area contributed by atoms with E-state index >= 15 is 0 Å². The summed E-state index contributed by atoms with van der Waals surface area (Å²) in [6.07, 6.45) is 1.80. The van der Waals surface area contributed by atoms with Gasteiger partial charge in [0, 0.05) is 16.5 Å². The minimum absolute atomic E-state index is 0.858. The Morgan fingerprint density at radius 3 is 3.00 bits per heavy atom. The Morgan fingerprint density at radius 2 is 2.05 bits per heavy atom. The molecule has 0 aliphatic heterocycles. The Balaban J connectivity index is 1.62. The lowest BCUT2D eigenvalue weighted by Gasteiger charge is -2.04. The van der Waals surface area contributed by atoms with E-state index in [4.69, 9.17) is 0 Å². The number of thioether (sulfide) groups is 1. The summed E-state index contributed by atoms with van der Waals surface area (Å²) in [5, 5.41) is 11.6. The Bertz CT molecular complexity index is 956. The normalized spacial score (nSPS) is 11.3. The number of nitrogens with zero attached hydrogens (tertiary/aromatic N) is 3. The maximum atomic E-state index is 4.43. The quantitative estimate of drug-likeness (QED) is 0.579. The molecule has 4 rings (SSSR count). The molecule has 5 heteroatoms. The largest absolute Gasteiger partial charge is 0.342 e. The monoisotopic (exact) mass is 306 g/mol. The fourth-order valence-corrected chi connectivity index (χ4v) is 3.46. The predicted octanol–water partition coefficient (Wildman–Crippen LogP) is 4.11. The van der Waals surface area contributed by atoms with Crippen molar-refractivity contribution in [3.05, 3.63) is 60.0 Å². The highest BCUT2D eigenvalue weighted by Gasteiger charge is 2.06. The van der Waals surface area contributed by atoms with Crippen LogP contribution in [0.25, 0.3) is 21.8 Å². The molecule has 0 amide bonds. The van der Waals surface area contributed by atoms with E-state index in [9.17, 15) is 0 Å². The van der Waals surface area contributed by atoms with Crippen molar-refractivity contribution in [1.82, 2.24) is 20.2 Å². The van der Waals surface area contributed by atoms with Crippen LogP contribution in [0.15, 0.2) is 53.7 Å². The molecule has 0 aliphatic carbocycles. The summed E-state index contributed by atoms with van der Waals surface area (Å²) in [4.78, 5) is 7.71. The lowest BCUT2D eigenvalue weighted by Crippen LogP contribution is -1.88. The fourth-order valence-electron chi connectivity index (χ4n) is 2.53. The molecule has 22 heavy (non-hydrogen) atoms. The van der Waals surface area contributed by atoms with Crippen molar-refractivity contribution in [2.45, 2.75) is 17.7 Å². The second-order valence-corrected chi connectivity index (χ2v) is 6.16. The van der Waals surface area contributed by atoms with Crippen LogP contribution in [0.1, 0.15) is 11.4 Å². The fraction of sp³-hybridized carbons (Fsp3) is 0.118. The third kappa shape index (κ3) is 2.44. The number of fused-ring (bicyclic) bond motifs is 2. The van der Waals surface area contributed by atoms with Gasteiger partial charge in [-0.15, -0.1) is 5.10 Å². The number of benzene rings is 2. The average molecular weight is 306 g/mol. The molecule has 4 aromatic rings. The summed E-state index contributed by atoms with van der Waals surface area (Å²) >= 11 is 1.71. The molecule has 0 saturated heterocycles. The molecule has 2 aromatic heterocycles. The molecule has 0 bridgehead atoms. The molecule has 0 radical (unpaired) electrons. The van der Waals surface area contributed by atoms with Gasteiger partial charge in [-0.05, 0) is 24.6 Å². The van der Waals surface area contributed by atoms with E-state index in [1.807, 2.05) is 19.1 Å². The zero-order valence-electron chi connectivity index (χ0n) is 12.1. The molecule has 1 N–H and O–H groups in total. The molecule has 108 valence electrons. The molecule has 0 fully saturated rings. The van der Waals surface area contributed by atoms with Crippen LogP contribution in [0.5, 0.6) is 0 Å². The topological polar surface area (TPSA) is 54.5 Å². The number of rotatable bonds is 3. The lowest BCUT2D eigenvalue weighted by atomic mass is 10.2. The van der Waals surface area contributed by atoms with Crippen LogP contribution in [0.4, 0.5) is 0 Å². The van der Waals surface area contributed by atoms with E-state index in [1.54, 1.807) is 18.0 Å². The summed E-state index contributed by atoms with van der Waals surface area (Å²) in [5.41, 5.74) is 3.34. The van der Waals surface area contributed by atoms with Gasteiger partial charge >= 0.3 is 0 Å². The standard InChI is InChI=1S/C17H14N4S/c1-11-19-15-7-6-12(8-16(15)20-11)10-22-17-14-5-3-2-4-13(14)9-18-21-17/h2-9H,10H2,1H3,(H,19,20). The van der Waals surface area contributed by atoms with Gasteiger partial charge in [0.15, 0.2) is 0 Å². The number of hydrogen-bond acceptors (Lipinski definition) is 4. The van der Waals surface area contributed by atoms with Gasteiger partial charge in [-0.2, -0.15) is 5.10 Å². The second kappa shape index (κ2) is 5.42. The molecular weight excluding hydrogens is 292 g/mol. The van der Waals surface area contributed by atoms with Crippen molar-refractivity contribution < 1.29 is 0 Å². The van der Waals surface area contributed by atoms with E-state index in [2.05, 4.69) is 50.5 Å². The van der Waals surface area contributed by atoms with Gasteiger partial charge in [-0.25, -0.2) is 4.98 Å². The number of H-pyrrole nitrogens is 1. The van der Waals surface area contributed by atoms with E-state index < -0.39 is 0 Å². The minimum atomic E-state index is 0.858. The van der Waals surface area contributed by atoms with Gasteiger partial charge in [0.25, 0.3) is 0 Å². The highest BCUT2D eigenvalue weighted by Crippen LogP contribution is 2.28. The van der Waals surface area contributed by atoms with Gasteiger partial charge in [0.1, 0.15) is 10.9 Å². The summed E-state index contributed by atoms with van der Waals surface area (Å²) in [5.74, 6) is 1.80. The van der Waals surface area contributed by atoms with Crippen LogP contribution in [0.3, 0.4) is 0 Å². The van der Waals surface area contributed by atoms with Gasteiger partial charge < -0.3 is 4.98 Å². The van der Waals surface area contributed by atoms with E-state index in [0.29, 0.717) is 0 Å². The van der Waals surface area contributed by atoms with Gasteiger partial charge in [0.2, 0.25) is 0 Å². The Hall–Kier alpha value is -2.40. The molecule has 0 aliphatic rings. The Kier molecular flexibility index (Phi) is 3.27. The maximum Gasteiger partial charge on any atom is 0.127 e. The first kappa shape index (κ1) is 13.3. The van der Waals surface area contributed by atoms with Crippen molar-refractivity contribution >= 4 is 33.6 Å². The van der Waals surface area contributed by atoms with Crippen molar-refractivity contribution in [3.63, 3.8) is 0 Å². The van der Waals surface area contributed by atoms with Crippen molar-refractivity contribution in [2.75, 3.05) is 0 Å². The number of aromatic amines is 1. The molecule has 0 spiro atoms. The number of aryl methyl sites for hydroxylation is 1. The van der Waals surface area contributed by atoms with Crippen LogP contribution in [-0.4, -0.2) is 20.2 Å². The predicted molar refractivity (Wildman–Crippen MR) is 89.9 cm³/mol. The maximum absolute atomic E-state index is 4.43. The number of aromatic nitrogens is 4. The highest BCUT2D eigenvalue weighted by atomic mass is 32.2. The van der Waals surface area contributed by atoms with Gasteiger partial charge in [-0.3, -0.25) is 0 Å². The summed E-state index contributed by atoms with van der Waals surface area (Å²) in [6.45, 7) is 1.97. The van der Waals surface area contributed by atoms with Crippen molar-refractivity contribution in [1.29, 1.82) is 0 Å². The number of hydrogen-bond donors (Lipinski definition) is 1. The van der Waals surface area contributed by atoms with Crippen LogP contribution >= 0.6 is 11.8 Å². The van der Waals surface area contributed by atoms with E-state index in [0.717, 1.165) is 38.4 Å². The van der Waals surface area contributed by atoms with Gasteiger partial charge in [0.05, 0.1) is 17.2 Å². The first-order valence-corrected chi connectivity index (χ1v) is 8.07. The summed E-state index contributed by atoms with van der Waals surface area (Å²) in [7, 11) is 0. The zero-order chi connectivity index (χ0) is 14.9. The average Bonchev–Trinajstić information content (AvgIpc) is 2.92. The number of imidazole rings is 1. The van der Waals surface area contributed by atoms with Gasteiger partial charge in [-0.1, -0.05) is 42.1 Å². The molecule has 4 nitrogen and oxygen atoms in total. The summed E-state index contributed by atoms with van der Waals surface area (Å²) < 4.78 is 0. The highest BCUT2D eigenvalue weighted by molar-refractivity contribution is 7.98.